The Hall–Kier alpha value is -1.20. The van der Waals surface area contributed by atoms with E-state index in [2.05, 4.69) is 20.8 Å². The maximum absolute atomic E-state index is 12.8. The van der Waals surface area contributed by atoms with Crippen LogP contribution in [-0.2, 0) is 10.2 Å². The van der Waals surface area contributed by atoms with Crippen molar-refractivity contribution in [2.45, 2.75) is 0 Å². The number of hydrogen-bond acceptors (Lipinski definition) is 5. The molecule has 0 bridgehead atoms. The molecule has 10 heteroatoms. The number of piperazine rings is 2. The van der Waals surface area contributed by atoms with Crippen molar-refractivity contribution in [3.8, 4) is 5.75 Å². The van der Waals surface area contributed by atoms with E-state index >= 15 is 0 Å². The number of methoxy groups -OCH3 is 1. The zero-order valence-corrected chi connectivity index (χ0v) is 18.0. The van der Waals surface area contributed by atoms with Gasteiger partial charge in [-0.05, 0) is 41.2 Å². The SMILES string of the molecule is COc1ccc(Br)c(C(=O)N2CCN(S(=O)(=O)N3CCN(C)CC3)CC2)c1. The van der Waals surface area contributed by atoms with E-state index in [4.69, 9.17) is 4.74 Å². The zero-order chi connectivity index (χ0) is 19.6. The van der Waals surface area contributed by atoms with Gasteiger partial charge in [0.1, 0.15) is 5.75 Å². The smallest absolute Gasteiger partial charge is 0.282 e. The lowest BCUT2D eigenvalue weighted by molar-refractivity contribution is 0.0691. The van der Waals surface area contributed by atoms with Crippen LogP contribution in [0, 0.1) is 0 Å². The van der Waals surface area contributed by atoms with Crippen molar-refractivity contribution in [3.05, 3.63) is 28.2 Å². The number of nitrogens with zero attached hydrogens (tertiary/aromatic N) is 4. The third-order valence-electron chi connectivity index (χ3n) is 5.04. The highest BCUT2D eigenvalue weighted by Crippen LogP contribution is 2.25. The van der Waals surface area contributed by atoms with Crippen molar-refractivity contribution in [1.29, 1.82) is 0 Å². The number of carbonyl (C=O) groups excluding carboxylic acids is 1. The Bertz CT molecular complexity index is 788. The first kappa shape index (κ1) is 20.5. The van der Waals surface area contributed by atoms with E-state index in [1.54, 1.807) is 34.5 Å². The average molecular weight is 461 g/mol. The summed E-state index contributed by atoms with van der Waals surface area (Å²) < 4.78 is 34.6. The van der Waals surface area contributed by atoms with Crippen molar-refractivity contribution in [2.24, 2.45) is 0 Å². The highest BCUT2D eigenvalue weighted by molar-refractivity contribution is 9.10. The quantitative estimate of drug-likeness (QED) is 0.661. The molecule has 0 saturated carbocycles. The van der Waals surface area contributed by atoms with E-state index in [1.807, 2.05) is 7.05 Å². The monoisotopic (exact) mass is 460 g/mol. The van der Waals surface area contributed by atoms with Crippen LogP contribution in [0.25, 0.3) is 0 Å². The molecular formula is C17H25BrN4O4S. The van der Waals surface area contributed by atoms with Gasteiger partial charge in [0.15, 0.2) is 0 Å². The van der Waals surface area contributed by atoms with E-state index < -0.39 is 10.2 Å². The van der Waals surface area contributed by atoms with Crippen molar-refractivity contribution < 1.29 is 17.9 Å². The van der Waals surface area contributed by atoms with Gasteiger partial charge in [-0.2, -0.15) is 17.0 Å². The molecule has 0 aromatic heterocycles. The molecule has 0 unspecified atom stereocenters. The molecule has 3 rings (SSSR count). The van der Waals surface area contributed by atoms with Gasteiger partial charge >= 0.3 is 0 Å². The number of carbonyl (C=O) groups is 1. The minimum atomic E-state index is -3.47. The van der Waals surface area contributed by atoms with Crippen LogP contribution in [0.5, 0.6) is 5.75 Å². The molecule has 2 fully saturated rings. The topological polar surface area (TPSA) is 73.4 Å². The Morgan fingerprint density at radius 1 is 1.00 bits per heavy atom. The average Bonchev–Trinajstić information content (AvgIpc) is 2.68. The molecule has 1 aromatic rings. The predicted octanol–water partition coefficient (Wildman–Crippen LogP) is 0.708. The van der Waals surface area contributed by atoms with Gasteiger partial charge in [0, 0.05) is 56.8 Å². The normalized spacial score (nSPS) is 20.6. The second-order valence-corrected chi connectivity index (χ2v) is 9.53. The molecule has 2 saturated heterocycles. The van der Waals surface area contributed by atoms with E-state index in [9.17, 15) is 13.2 Å². The summed E-state index contributed by atoms with van der Waals surface area (Å²) in [4.78, 5) is 16.6. The van der Waals surface area contributed by atoms with Gasteiger partial charge in [-0.3, -0.25) is 4.79 Å². The van der Waals surface area contributed by atoms with Crippen molar-refractivity contribution in [3.63, 3.8) is 0 Å². The molecule has 2 heterocycles. The van der Waals surface area contributed by atoms with Gasteiger partial charge in [-0.1, -0.05) is 0 Å². The lowest BCUT2D eigenvalue weighted by Gasteiger charge is -2.39. The molecule has 0 N–H and O–H groups in total. The summed E-state index contributed by atoms with van der Waals surface area (Å²) in [7, 11) is 0.0778. The Balaban J connectivity index is 1.64. The third kappa shape index (κ3) is 4.45. The lowest BCUT2D eigenvalue weighted by atomic mass is 10.1. The predicted molar refractivity (Wildman–Crippen MR) is 106 cm³/mol. The molecule has 0 radical (unpaired) electrons. The molecule has 0 aliphatic carbocycles. The fourth-order valence-corrected chi connectivity index (χ4v) is 5.26. The number of rotatable bonds is 4. The van der Waals surface area contributed by atoms with Crippen LogP contribution in [0.1, 0.15) is 10.4 Å². The summed E-state index contributed by atoms with van der Waals surface area (Å²) >= 11 is 3.41. The maximum Gasteiger partial charge on any atom is 0.282 e. The minimum Gasteiger partial charge on any atom is -0.497 e. The van der Waals surface area contributed by atoms with Crippen LogP contribution >= 0.6 is 15.9 Å². The first-order valence-electron chi connectivity index (χ1n) is 8.89. The van der Waals surface area contributed by atoms with E-state index in [0.717, 1.165) is 13.1 Å². The summed E-state index contributed by atoms with van der Waals surface area (Å²) in [5, 5.41) is 0. The van der Waals surface area contributed by atoms with E-state index in [-0.39, 0.29) is 5.91 Å². The molecule has 2 aliphatic rings. The minimum absolute atomic E-state index is 0.127. The second kappa shape index (κ2) is 8.44. The van der Waals surface area contributed by atoms with E-state index in [0.29, 0.717) is 55.1 Å². The van der Waals surface area contributed by atoms with Gasteiger partial charge in [-0.25, -0.2) is 0 Å². The molecule has 0 atom stereocenters. The molecule has 1 aromatic carbocycles. The molecular weight excluding hydrogens is 436 g/mol. The standard InChI is InChI=1S/C17H25BrN4O4S/c1-19-5-9-21(10-6-19)27(24,25)22-11-7-20(8-12-22)17(23)15-13-14(26-2)3-4-16(15)18/h3-4,13H,5-12H2,1-2H3. The van der Waals surface area contributed by atoms with Gasteiger partial charge in [0.25, 0.3) is 16.1 Å². The Kier molecular flexibility index (Phi) is 6.42. The van der Waals surface area contributed by atoms with Crippen LogP contribution in [0.15, 0.2) is 22.7 Å². The first-order valence-corrected chi connectivity index (χ1v) is 11.1. The number of amides is 1. The highest BCUT2D eigenvalue weighted by atomic mass is 79.9. The maximum atomic E-state index is 12.8. The molecule has 150 valence electrons. The summed E-state index contributed by atoms with van der Waals surface area (Å²) in [5.41, 5.74) is 0.518. The number of halogens is 1. The Morgan fingerprint density at radius 3 is 2.11 bits per heavy atom. The summed E-state index contributed by atoms with van der Waals surface area (Å²) in [6, 6.07) is 5.25. The Labute approximate surface area is 169 Å². The molecule has 1 amide bonds. The third-order valence-corrected chi connectivity index (χ3v) is 7.77. The summed E-state index contributed by atoms with van der Waals surface area (Å²) in [5.74, 6) is 0.482. The van der Waals surface area contributed by atoms with Crippen LogP contribution in [0.2, 0.25) is 0 Å². The molecule has 2 aliphatic heterocycles. The number of ether oxygens (including phenoxy) is 1. The van der Waals surface area contributed by atoms with Gasteiger partial charge in [0.05, 0.1) is 12.7 Å². The van der Waals surface area contributed by atoms with Gasteiger partial charge < -0.3 is 14.5 Å². The van der Waals surface area contributed by atoms with Gasteiger partial charge in [0.2, 0.25) is 0 Å². The number of hydrogen-bond donors (Lipinski definition) is 0. The fourth-order valence-electron chi connectivity index (χ4n) is 3.27. The zero-order valence-electron chi connectivity index (χ0n) is 15.6. The largest absolute Gasteiger partial charge is 0.497 e. The molecule has 8 nitrogen and oxygen atoms in total. The summed E-state index contributed by atoms with van der Waals surface area (Å²) in [6.07, 6.45) is 0. The van der Waals surface area contributed by atoms with E-state index in [1.165, 1.54) is 4.31 Å². The van der Waals surface area contributed by atoms with Crippen LogP contribution in [0.3, 0.4) is 0 Å². The number of benzene rings is 1. The summed E-state index contributed by atoms with van der Waals surface area (Å²) in [6.45, 7) is 3.85. The highest BCUT2D eigenvalue weighted by Gasteiger charge is 2.35. The fraction of sp³-hybridized carbons (Fsp3) is 0.588. The van der Waals surface area contributed by atoms with Crippen molar-refractivity contribution in [2.75, 3.05) is 66.5 Å². The molecule has 27 heavy (non-hydrogen) atoms. The molecule has 0 spiro atoms. The van der Waals surface area contributed by atoms with Crippen LogP contribution in [-0.4, -0.2) is 99.3 Å². The lowest BCUT2D eigenvalue weighted by Crippen LogP contribution is -2.57. The van der Waals surface area contributed by atoms with Crippen molar-refractivity contribution in [1.82, 2.24) is 18.4 Å². The first-order chi connectivity index (χ1) is 12.8. The Morgan fingerprint density at radius 2 is 1.56 bits per heavy atom. The van der Waals surface area contributed by atoms with Crippen LogP contribution < -0.4 is 4.74 Å². The van der Waals surface area contributed by atoms with Crippen LogP contribution in [0.4, 0.5) is 0 Å². The van der Waals surface area contributed by atoms with Crippen molar-refractivity contribution >= 4 is 32.0 Å². The number of likely N-dealkylation sites (N-methyl/N-ethyl adjacent to an activating group) is 1. The van der Waals surface area contributed by atoms with Gasteiger partial charge in [-0.15, -0.1) is 0 Å². The second-order valence-electron chi connectivity index (χ2n) is 6.75.